The first-order valence-corrected chi connectivity index (χ1v) is 21.7. The first kappa shape index (κ1) is 36.6. The van der Waals surface area contributed by atoms with Crippen molar-refractivity contribution in [1.82, 2.24) is 4.98 Å². The van der Waals surface area contributed by atoms with E-state index in [0.29, 0.717) is 29.0 Å². The number of nitrogens with one attached hydrogen (secondary N) is 1. The summed E-state index contributed by atoms with van der Waals surface area (Å²) < 4.78 is 11.1. The SMILES string of the molecule is C=C(C)C(=O)OCCOCCCC(CC)(CCCC)[Si](C)(C)NC(CCC)(CCC)[Si](C)(C)CCCC. The zero-order valence-electron chi connectivity index (χ0n) is 26.7. The van der Waals surface area contributed by atoms with Crippen LogP contribution in [0, 0.1) is 0 Å². The minimum absolute atomic E-state index is 0.302. The summed E-state index contributed by atoms with van der Waals surface area (Å²) in [6.07, 6.45) is 15.2. The average Bonchev–Trinajstić information content (AvgIpc) is 2.83. The Labute approximate surface area is 234 Å². The maximum absolute atomic E-state index is 11.6. The molecule has 0 aromatic rings. The molecule has 6 heteroatoms. The van der Waals surface area contributed by atoms with E-state index in [2.05, 4.69) is 72.4 Å². The second-order valence-corrected chi connectivity index (χ2v) is 22.5. The van der Waals surface area contributed by atoms with Gasteiger partial charge in [-0.1, -0.05) is 118 Å². The maximum Gasteiger partial charge on any atom is 0.333 e. The number of unbranched alkanes of at least 4 members (excludes halogenated alkanes) is 2. The van der Waals surface area contributed by atoms with E-state index in [-0.39, 0.29) is 5.97 Å². The number of esters is 1. The highest BCUT2D eigenvalue weighted by atomic mass is 28.3. The summed E-state index contributed by atoms with van der Waals surface area (Å²) >= 11 is 0. The van der Waals surface area contributed by atoms with Crippen molar-refractivity contribution in [2.45, 2.75) is 161 Å². The molecule has 1 atom stereocenters. The molecule has 1 N–H and O–H groups in total. The van der Waals surface area contributed by atoms with E-state index in [1.54, 1.807) is 6.92 Å². The fraction of sp³-hybridized carbons (Fsp3) is 0.903. The van der Waals surface area contributed by atoms with E-state index < -0.39 is 16.3 Å². The summed E-state index contributed by atoms with van der Waals surface area (Å²) in [7, 11) is -3.33. The molecule has 0 aromatic heterocycles. The number of rotatable bonds is 23. The zero-order chi connectivity index (χ0) is 28.6. The van der Waals surface area contributed by atoms with Crippen molar-refractivity contribution < 1.29 is 14.3 Å². The van der Waals surface area contributed by atoms with Crippen LogP contribution in [0.1, 0.15) is 119 Å². The Kier molecular flexibility index (Phi) is 17.8. The standard InChI is InChI=1S/C31H65NO3Si2/c1-12-17-22-30(16-5,23-19-24-34-25-26-35-29(33)28(6)7)37(10,11)32-31(20-14-3,21-15-4)36(8,9)27-18-13-2/h32H,6,12-27H2,1-5,7-11H3. The normalized spacial score (nSPS) is 14.4. The lowest BCUT2D eigenvalue weighted by atomic mass is 9.93. The second kappa shape index (κ2) is 18.0. The largest absolute Gasteiger partial charge is 0.460 e. The molecule has 0 saturated carbocycles. The molecule has 0 spiro atoms. The Morgan fingerprint density at radius 2 is 1.35 bits per heavy atom. The van der Waals surface area contributed by atoms with Crippen molar-refractivity contribution >= 4 is 22.3 Å². The first-order valence-electron chi connectivity index (χ1n) is 15.5. The maximum atomic E-state index is 11.6. The van der Waals surface area contributed by atoms with Crippen molar-refractivity contribution in [2.75, 3.05) is 19.8 Å². The number of hydrogen-bond acceptors (Lipinski definition) is 4. The summed E-state index contributed by atoms with van der Waals surface area (Å²) in [6, 6.07) is 1.43. The molecule has 0 rings (SSSR count). The van der Waals surface area contributed by atoms with Gasteiger partial charge in [-0.2, -0.15) is 0 Å². The molecular weight excluding hydrogens is 491 g/mol. The second-order valence-electron chi connectivity index (χ2n) is 12.7. The van der Waals surface area contributed by atoms with Gasteiger partial charge in [0, 0.05) is 17.3 Å². The Morgan fingerprint density at radius 1 is 0.784 bits per heavy atom. The lowest BCUT2D eigenvalue weighted by molar-refractivity contribution is -0.140. The summed E-state index contributed by atoms with van der Waals surface area (Å²) in [6.45, 7) is 29.3. The molecule has 0 bridgehead atoms. The van der Waals surface area contributed by atoms with Crippen LogP contribution in [0.5, 0.6) is 0 Å². The van der Waals surface area contributed by atoms with Crippen LogP contribution in [0.15, 0.2) is 12.2 Å². The Bertz CT molecular complexity index is 644. The molecule has 220 valence electrons. The van der Waals surface area contributed by atoms with Crippen LogP contribution in [-0.2, 0) is 14.3 Å². The average molecular weight is 556 g/mol. The molecule has 0 aliphatic heterocycles. The van der Waals surface area contributed by atoms with Crippen LogP contribution >= 0.6 is 0 Å². The lowest BCUT2D eigenvalue weighted by Gasteiger charge is -2.56. The molecule has 0 amide bonds. The Morgan fingerprint density at radius 3 is 1.84 bits per heavy atom. The highest BCUT2D eigenvalue weighted by Gasteiger charge is 2.52. The number of carbonyl (C=O) groups excluding carboxylic acids is 1. The molecule has 37 heavy (non-hydrogen) atoms. The van der Waals surface area contributed by atoms with E-state index in [0.717, 1.165) is 13.0 Å². The third kappa shape index (κ3) is 11.3. The Hall–Kier alpha value is -0.436. The number of hydrogen-bond donors (Lipinski definition) is 1. The molecule has 0 aromatic carbocycles. The van der Waals surface area contributed by atoms with Crippen molar-refractivity contribution in [3.8, 4) is 0 Å². The predicted octanol–water partition coefficient (Wildman–Crippen LogP) is 9.42. The van der Waals surface area contributed by atoms with Gasteiger partial charge in [-0.25, -0.2) is 4.79 Å². The van der Waals surface area contributed by atoms with Gasteiger partial charge in [-0.15, -0.1) is 0 Å². The number of carbonyl (C=O) groups is 1. The van der Waals surface area contributed by atoms with Gasteiger partial charge in [-0.05, 0) is 44.1 Å². The van der Waals surface area contributed by atoms with E-state index >= 15 is 0 Å². The van der Waals surface area contributed by atoms with Crippen LogP contribution < -0.4 is 4.98 Å². The quantitative estimate of drug-likeness (QED) is 0.0590. The molecule has 0 heterocycles. The molecule has 4 nitrogen and oxygen atoms in total. The fourth-order valence-corrected chi connectivity index (χ4v) is 16.6. The van der Waals surface area contributed by atoms with E-state index in [1.807, 2.05) is 0 Å². The van der Waals surface area contributed by atoms with Gasteiger partial charge in [0.05, 0.1) is 14.7 Å². The first-order chi connectivity index (χ1) is 17.3. The van der Waals surface area contributed by atoms with Gasteiger partial charge in [-0.3, -0.25) is 0 Å². The van der Waals surface area contributed by atoms with Crippen molar-refractivity contribution in [3.05, 3.63) is 12.2 Å². The van der Waals surface area contributed by atoms with Gasteiger partial charge < -0.3 is 14.5 Å². The van der Waals surface area contributed by atoms with Gasteiger partial charge >= 0.3 is 5.97 Å². The van der Waals surface area contributed by atoms with Crippen LogP contribution in [0.2, 0.25) is 37.3 Å². The van der Waals surface area contributed by atoms with Gasteiger partial charge in [0.25, 0.3) is 0 Å². The third-order valence-electron chi connectivity index (χ3n) is 9.12. The molecule has 1 unspecified atom stereocenters. The summed E-state index contributed by atoms with van der Waals surface area (Å²) in [4.78, 5) is 16.2. The minimum atomic E-state index is -1.83. The molecular formula is C31H65NO3Si2. The van der Waals surface area contributed by atoms with Crippen LogP contribution in [0.3, 0.4) is 0 Å². The van der Waals surface area contributed by atoms with Gasteiger partial charge in [0.15, 0.2) is 0 Å². The van der Waals surface area contributed by atoms with Crippen LogP contribution in [-0.4, -0.2) is 47.3 Å². The monoisotopic (exact) mass is 555 g/mol. The number of ether oxygens (including phenoxy) is 2. The van der Waals surface area contributed by atoms with Crippen LogP contribution in [0.25, 0.3) is 0 Å². The fourth-order valence-electron chi connectivity index (χ4n) is 6.53. The molecule has 0 radical (unpaired) electrons. The summed E-state index contributed by atoms with van der Waals surface area (Å²) in [5.74, 6) is -0.333. The summed E-state index contributed by atoms with van der Waals surface area (Å²) in [5.41, 5.74) is 0.437. The topological polar surface area (TPSA) is 47.6 Å². The molecule has 0 aliphatic carbocycles. The van der Waals surface area contributed by atoms with Crippen molar-refractivity contribution in [3.63, 3.8) is 0 Å². The minimum Gasteiger partial charge on any atom is -0.460 e. The van der Waals surface area contributed by atoms with Crippen molar-refractivity contribution in [1.29, 1.82) is 0 Å². The van der Waals surface area contributed by atoms with Gasteiger partial charge in [0.1, 0.15) is 14.8 Å². The smallest absolute Gasteiger partial charge is 0.333 e. The summed E-state index contributed by atoms with van der Waals surface area (Å²) in [5, 5.41) is 0.693. The van der Waals surface area contributed by atoms with Gasteiger partial charge in [0.2, 0.25) is 0 Å². The lowest BCUT2D eigenvalue weighted by Crippen LogP contribution is -2.72. The predicted molar refractivity (Wildman–Crippen MR) is 169 cm³/mol. The third-order valence-corrected chi connectivity index (χ3v) is 18.8. The van der Waals surface area contributed by atoms with E-state index in [9.17, 15) is 4.79 Å². The van der Waals surface area contributed by atoms with E-state index in [1.165, 1.54) is 76.7 Å². The Balaban J connectivity index is 5.72. The zero-order valence-corrected chi connectivity index (χ0v) is 28.7. The highest BCUT2D eigenvalue weighted by Crippen LogP contribution is 2.51. The molecule has 0 fully saturated rings. The van der Waals surface area contributed by atoms with Crippen molar-refractivity contribution in [2.24, 2.45) is 0 Å². The highest BCUT2D eigenvalue weighted by molar-refractivity contribution is 6.84. The molecule has 0 saturated heterocycles. The van der Waals surface area contributed by atoms with E-state index in [4.69, 9.17) is 9.47 Å². The molecule has 0 aliphatic rings. The van der Waals surface area contributed by atoms with Crippen LogP contribution in [0.4, 0.5) is 0 Å².